The Morgan fingerprint density at radius 3 is 2.68 bits per heavy atom. The maximum Gasteiger partial charge on any atom is 0.354 e. The van der Waals surface area contributed by atoms with Gasteiger partial charge in [-0.05, 0) is 54.3 Å². The summed E-state index contributed by atoms with van der Waals surface area (Å²) in [5.74, 6) is -0.435. The van der Waals surface area contributed by atoms with Crippen LogP contribution in [0.25, 0.3) is 0 Å². The minimum absolute atomic E-state index is 0.0144. The summed E-state index contributed by atoms with van der Waals surface area (Å²) in [4.78, 5) is 27.7. The summed E-state index contributed by atoms with van der Waals surface area (Å²) >= 11 is 1.63. The molecule has 0 N–H and O–H groups in total. The molecule has 7 heteroatoms. The summed E-state index contributed by atoms with van der Waals surface area (Å²) in [6.07, 6.45) is 2.32. The molecule has 0 bridgehead atoms. The first-order valence-electron chi connectivity index (χ1n) is 9.57. The van der Waals surface area contributed by atoms with Crippen LogP contribution in [0.4, 0.5) is 5.69 Å². The SMILES string of the molecule is CCOC(=O)C1=NN(c2ccccc2)C(C(=O)N(Cc2ccsc2)C2CC2)C1. The van der Waals surface area contributed by atoms with E-state index in [4.69, 9.17) is 4.74 Å². The Morgan fingerprint density at radius 1 is 1.25 bits per heavy atom. The standard InChI is InChI=1S/C21H23N3O3S/c1-2-27-21(26)18-12-19(24(22-18)17-6-4-3-5-7-17)20(25)23(16-8-9-16)13-15-10-11-28-14-15/h3-7,10-11,14,16,19H,2,8-9,12-13H2,1H3. The topological polar surface area (TPSA) is 62.2 Å². The van der Waals surface area contributed by atoms with Gasteiger partial charge in [0.05, 0.1) is 12.3 Å². The summed E-state index contributed by atoms with van der Waals surface area (Å²) in [6.45, 7) is 2.65. The van der Waals surface area contributed by atoms with Gasteiger partial charge in [-0.15, -0.1) is 0 Å². The Kier molecular flexibility index (Phi) is 5.43. The average molecular weight is 398 g/mol. The van der Waals surface area contributed by atoms with Crippen LogP contribution in [-0.2, 0) is 20.9 Å². The van der Waals surface area contributed by atoms with Crippen molar-refractivity contribution in [3.05, 3.63) is 52.7 Å². The van der Waals surface area contributed by atoms with Crippen molar-refractivity contribution >= 4 is 34.6 Å². The van der Waals surface area contributed by atoms with Crippen molar-refractivity contribution in [1.82, 2.24) is 4.90 Å². The van der Waals surface area contributed by atoms with E-state index >= 15 is 0 Å². The molecule has 1 atom stereocenters. The van der Waals surface area contributed by atoms with E-state index in [1.807, 2.05) is 40.6 Å². The molecule has 1 fully saturated rings. The lowest BCUT2D eigenvalue weighted by molar-refractivity contribution is -0.135. The summed E-state index contributed by atoms with van der Waals surface area (Å²) in [6, 6.07) is 11.3. The highest BCUT2D eigenvalue weighted by molar-refractivity contribution is 7.07. The van der Waals surface area contributed by atoms with Gasteiger partial charge >= 0.3 is 5.97 Å². The van der Waals surface area contributed by atoms with E-state index in [9.17, 15) is 9.59 Å². The Morgan fingerprint density at radius 2 is 2.04 bits per heavy atom. The van der Waals surface area contributed by atoms with Crippen LogP contribution in [0, 0.1) is 0 Å². The molecule has 1 aromatic heterocycles. The Hall–Kier alpha value is -2.67. The molecule has 4 rings (SSSR count). The first-order chi connectivity index (χ1) is 13.7. The van der Waals surface area contributed by atoms with Crippen LogP contribution in [0.15, 0.2) is 52.3 Å². The van der Waals surface area contributed by atoms with E-state index in [1.165, 1.54) is 0 Å². The second-order valence-corrected chi connectivity index (χ2v) is 7.78. The number of ether oxygens (including phenoxy) is 1. The van der Waals surface area contributed by atoms with Gasteiger partial charge in [0, 0.05) is 19.0 Å². The summed E-state index contributed by atoms with van der Waals surface area (Å²) in [7, 11) is 0. The van der Waals surface area contributed by atoms with Crippen molar-refractivity contribution in [2.45, 2.75) is 44.8 Å². The largest absolute Gasteiger partial charge is 0.461 e. The number of esters is 1. The number of benzene rings is 1. The number of carbonyl (C=O) groups excluding carboxylic acids is 2. The third-order valence-corrected chi connectivity index (χ3v) is 5.66. The molecule has 0 radical (unpaired) electrons. The number of amides is 1. The monoisotopic (exact) mass is 397 g/mol. The predicted molar refractivity (Wildman–Crippen MR) is 109 cm³/mol. The number of hydrogen-bond donors (Lipinski definition) is 0. The fraction of sp³-hybridized carbons (Fsp3) is 0.381. The van der Waals surface area contributed by atoms with Gasteiger partial charge in [-0.3, -0.25) is 9.80 Å². The van der Waals surface area contributed by atoms with E-state index in [-0.39, 0.29) is 25.0 Å². The average Bonchev–Trinajstić information content (AvgIpc) is 3.24. The van der Waals surface area contributed by atoms with Crippen molar-refractivity contribution in [1.29, 1.82) is 0 Å². The highest BCUT2D eigenvalue weighted by atomic mass is 32.1. The fourth-order valence-electron chi connectivity index (χ4n) is 3.40. The number of anilines is 1. The minimum Gasteiger partial charge on any atom is -0.461 e. The van der Waals surface area contributed by atoms with Gasteiger partial charge in [0.2, 0.25) is 5.91 Å². The van der Waals surface area contributed by atoms with E-state index in [0.29, 0.717) is 12.3 Å². The third-order valence-electron chi connectivity index (χ3n) is 4.93. The number of hydrazone groups is 1. The maximum atomic E-state index is 13.5. The number of hydrogen-bond acceptors (Lipinski definition) is 6. The second kappa shape index (κ2) is 8.14. The number of thiophene rings is 1. The molecule has 1 aliphatic carbocycles. The lowest BCUT2D eigenvalue weighted by Crippen LogP contribution is -2.46. The van der Waals surface area contributed by atoms with Crippen molar-refractivity contribution < 1.29 is 14.3 Å². The van der Waals surface area contributed by atoms with Crippen LogP contribution in [0.5, 0.6) is 0 Å². The Labute approximate surface area is 168 Å². The van der Waals surface area contributed by atoms with Gasteiger partial charge in [-0.25, -0.2) is 4.79 Å². The van der Waals surface area contributed by atoms with Crippen LogP contribution in [-0.4, -0.2) is 41.2 Å². The summed E-state index contributed by atoms with van der Waals surface area (Å²) in [5, 5.41) is 10.2. The first-order valence-corrected chi connectivity index (χ1v) is 10.5. The first kappa shape index (κ1) is 18.7. The van der Waals surface area contributed by atoms with Crippen LogP contribution < -0.4 is 5.01 Å². The molecule has 0 saturated heterocycles. The fourth-order valence-corrected chi connectivity index (χ4v) is 4.06. The molecule has 6 nitrogen and oxygen atoms in total. The van der Waals surface area contributed by atoms with Gasteiger partial charge in [0.15, 0.2) is 0 Å². The Bertz CT molecular complexity index is 862. The highest BCUT2D eigenvalue weighted by Crippen LogP contribution is 2.33. The number of carbonyl (C=O) groups is 2. The van der Waals surface area contributed by atoms with Crippen LogP contribution >= 0.6 is 11.3 Å². The number of para-hydroxylation sites is 1. The van der Waals surface area contributed by atoms with E-state index < -0.39 is 12.0 Å². The van der Waals surface area contributed by atoms with Gasteiger partial charge < -0.3 is 9.64 Å². The zero-order valence-electron chi connectivity index (χ0n) is 15.8. The molecule has 1 amide bonds. The summed E-state index contributed by atoms with van der Waals surface area (Å²) in [5.41, 5.74) is 2.24. The molecule has 146 valence electrons. The molecular weight excluding hydrogens is 374 g/mol. The normalized spacial score (nSPS) is 18.7. The molecule has 2 aliphatic rings. The minimum atomic E-state index is -0.527. The second-order valence-electron chi connectivity index (χ2n) is 7.00. The van der Waals surface area contributed by atoms with Gasteiger partial charge in [-0.2, -0.15) is 16.4 Å². The lowest BCUT2D eigenvalue weighted by atomic mass is 10.1. The van der Waals surface area contributed by atoms with Crippen molar-refractivity contribution in [2.24, 2.45) is 5.10 Å². The molecule has 1 unspecified atom stereocenters. The molecule has 2 heterocycles. The van der Waals surface area contributed by atoms with Crippen molar-refractivity contribution in [3.63, 3.8) is 0 Å². The van der Waals surface area contributed by atoms with Crippen LogP contribution in [0.3, 0.4) is 0 Å². The van der Waals surface area contributed by atoms with Gasteiger partial charge in [0.1, 0.15) is 11.8 Å². The molecule has 28 heavy (non-hydrogen) atoms. The Balaban J connectivity index is 1.60. The number of nitrogens with zero attached hydrogens (tertiary/aromatic N) is 3. The maximum absolute atomic E-state index is 13.5. The quantitative estimate of drug-likeness (QED) is 0.672. The van der Waals surface area contributed by atoms with Crippen molar-refractivity contribution in [3.8, 4) is 0 Å². The third kappa shape index (κ3) is 3.94. The molecular formula is C21H23N3O3S. The van der Waals surface area contributed by atoms with E-state index in [1.54, 1.807) is 23.3 Å². The van der Waals surface area contributed by atoms with Crippen LogP contribution in [0.1, 0.15) is 31.7 Å². The van der Waals surface area contributed by atoms with Gasteiger partial charge in [0.25, 0.3) is 0 Å². The molecule has 2 aromatic rings. The predicted octanol–water partition coefficient (Wildman–Crippen LogP) is 3.44. The molecule has 1 aromatic carbocycles. The molecule has 0 spiro atoms. The summed E-state index contributed by atoms with van der Waals surface area (Å²) < 4.78 is 5.12. The molecule has 1 aliphatic heterocycles. The van der Waals surface area contributed by atoms with Crippen molar-refractivity contribution in [2.75, 3.05) is 11.6 Å². The molecule has 1 saturated carbocycles. The lowest BCUT2D eigenvalue weighted by Gasteiger charge is -2.29. The zero-order chi connectivity index (χ0) is 19.5. The van der Waals surface area contributed by atoms with E-state index in [0.717, 1.165) is 24.1 Å². The van der Waals surface area contributed by atoms with E-state index in [2.05, 4.69) is 16.5 Å². The zero-order valence-corrected chi connectivity index (χ0v) is 16.6. The van der Waals surface area contributed by atoms with Crippen LogP contribution in [0.2, 0.25) is 0 Å². The smallest absolute Gasteiger partial charge is 0.354 e. The number of rotatable bonds is 7. The highest BCUT2D eigenvalue weighted by Gasteiger charge is 2.42. The van der Waals surface area contributed by atoms with Gasteiger partial charge in [-0.1, -0.05) is 18.2 Å².